The van der Waals surface area contributed by atoms with Gasteiger partial charge in [-0.3, -0.25) is 4.90 Å². The van der Waals surface area contributed by atoms with Crippen molar-refractivity contribution in [2.75, 3.05) is 25.1 Å². The summed E-state index contributed by atoms with van der Waals surface area (Å²) in [7, 11) is 1.45. The summed E-state index contributed by atoms with van der Waals surface area (Å²) in [6, 6.07) is 22.7. The fourth-order valence-electron chi connectivity index (χ4n) is 5.71. The van der Waals surface area contributed by atoms with Gasteiger partial charge in [0.2, 0.25) is 0 Å². The van der Waals surface area contributed by atoms with Crippen LogP contribution < -0.4 is 4.90 Å². The molecule has 0 N–H and O–H groups in total. The van der Waals surface area contributed by atoms with Crippen molar-refractivity contribution in [1.29, 1.82) is 5.26 Å². The van der Waals surface area contributed by atoms with Gasteiger partial charge in [-0.2, -0.15) is 10.4 Å². The predicted molar refractivity (Wildman–Crippen MR) is 155 cm³/mol. The first-order valence-corrected chi connectivity index (χ1v) is 13.4. The number of nitriles is 1. The Morgan fingerprint density at radius 2 is 1.77 bits per heavy atom. The highest BCUT2D eigenvalue weighted by atomic mass is 16.5. The van der Waals surface area contributed by atoms with Crippen molar-refractivity contribution in [3.8, 4) is 28.5 Å². The lowest BCUT2D eigenvalue weighted by atomic mass is 9.97. The van der Waals surface area contributed by atoms with Crippen molar-refractivity contribution in [1.82, 2.24) is 14.5 Å². The van der Waals surface area contributed by atoms with Crippen molar-refractivity contribution >= 4 is 17.3 Å². The second-order valence-corrected chi connectivity index (χ2v) is 11.2. The number of aromatic nitrogens is 2. The number of methoxy groups -OCH3 is 1. The van der Waals surface area contributed by atoms with Crippen LogP contribution >= 0.6 is 0 Å². The Morgan fingerprint density at radius 1 is 1.08 bits per heavy atom. The van der Waals surface area contributed by atoms with Gasteiger partial charge in [-0.05, 0) is 70.4 Å². The second-order valence-electron chi connectivity index (χ2n) is 11.2. The fourth-order valence-corrected chi connectivity index (χ4v) is 5.71. The lowest BCUT2D eigenvalue weighted by Gasteiger charge is -2.45. The first-order chi connectivity index (χ1) is 18.7. The van der Waals surface area contributed by atoms with Crippen molar-refractivity contribution in [2.45, 2.75) is 52.1 Å². The summed E-state index contributed by atoms with van der Waals surface area (Å²) < 4.78 is 7.21. The molecule has 0 radical (unpaired) electrons. The lowest BCUT2D eigenvalue weighted by molar-refractivity contribution is 0.0521. The van der Waals surface area contributed by atoms with Crippen LogP contribution in [0.15, 0.2) is 66.9 Å². The summed E-state index contributed by atoms with van der Waals surface area (Å²) in [5.74, 6) is 0. The normalized spacial score (nSPS) is 15.7. The maximum atomic E-state index is 12.8. The van der Waals surface area contributed by atoms with E-state index >= 15 is 0 Å². The molecule has 1 saturated heterocycles. The standard InChI is InChI=1S/C32H35N5O2/c1-22-8-12-25(13-9-22)30-27(24-14-10-23(20-33)11-15-24)19-29-28(16-17-34-37(29)30)35-18-6-7-26(21-35)36(31(38)39-5)32(2,3)4/h8-17,19,26H,6-7,18,21H2,1-5H3. The monoisotopic (exact) mass is 521 g/mol. The Labute approximate surface area is 230 Å². The molecule has 1 atom stereocenters. The minimum atomic E-state index is -0.356. The molecule has 39 heavy (non-hydrogen) atoms. The van der Waals surface area contributed by atoms with Gasteiger partial charge in [-0.1, -0.05) is 42.0 Å². The third-order valence-corrected chi connectivity index (χ3v) is 7.50. The van der Waals surface area contributed by atoms with Gasteiger partial charge in [0.05, 0.1) is 41.7 Å². The van der Waals surface area contributed by atoms with Gasteiger partial charge < -0.3 is 9.64 Å². The quantitative estimate of drug-likeness (QED) is 0.299. The molecule has 200 valence electrons. The van der Waals surface area contributed by atoms with Crippen LogP contribution in [0.25, 0.3) is 27.9 Å². The molecule has 2 aromatic carbocycles. The number of piperidine rings is 1. The number of amides is 1. The second kappa shape index (κ2) is 10.5. The molecular formula is C32H35N5O2. The maximum absolute atomic E-state index is 12.8. The molecule has 0 aliphatic carbocycles. The molecule has 2 aromatic heterocycles. The van der Waals surface area contributed by atoms with Gasteiger partial charge in [0.25, 0.3) is 0 Å². The smallest absolute Gasteiger partial charge is 0.410 e. The Hall–Kier alpha value is -4.31. The first kappa shape index (κ1) is 26.3. The van der Waals surface area contributed by atoms with Gasteiger partial charge in [0.1, 0.15) is 0 Å². The van der Waals surface area contributed by atoms with Crippen molar-refractivity contribution in [3.63, 3.8) is 0 Å². The van der Waals surface area contributed by atoms with E-state index in [2.05, 4.69) is 75.1 Å². The van der Waals surface area contributed by atoms with Gasteiger partial charge in [-0.15, -0.1) is 0 Å². The fraction of sp³-hybridized carbons (Fsp3) is 0.344. The molecule has 7 heteroatoms. The number of fused-ring (bicyclic) bond motifs is 1. The number of carbonyl (C=O) groups is 1. The molecule has 0 bridgehead atoms. The number of hydrogen-bond acceptors (Lipinski definition) is 5. The number of anilines is 1. The highest BCUT2D eigenvalue weighted by molar-refractivity contribution is 5.90. The molecule has 7 nitrogen and oxygen atoms in total. The molecular weight excluding hydrogens is 486 g/mol. The Bertz CT molecular complexity index is 1520. The molecule has 1 aliphatic heterocycles. The van der Waals surface area contributed by atoms with E-state index in [0.717, 1.165) is 53.0 Å². The third kappa shape index (κ3) is 5.07. The summed E-state index contributed by atoms with van der Waals surface area (Å²) in [4.78, 5) is 17.0. The topological polar surface area (TPSA) is 73.9 Å². The number of carbonyl (C=O) groups excluding carboxylic acids is 1. The Morgan fingerprint density at radius 3 is 2.41 bits per heavy atom. The largest absolute Gasteiger partial charge is 0.453 e. The SMILES string of the molecule is COC(=O)N(C1CCCN(c2ccnn3c(-c4ccc(C)cc4)c(-c4ccc(C#N)cc4)cc23)C1)C(C)(C)C. The minimum Gasteiger partial charge on any atom is -0.453 e. The molecule has 1 amide bonds. The average Bonchev–Trinajstić information content (AvgIpc) is 3.32. The Kier molecular flexibility index (Phi) is 7.05. The molecule has 4 aromatic rings. The van der Waals surface area contributed by atoms with Crippen molar-refractivity contribution < 1.29 is 9.53 Å². The zero-order chi connectivity index (χ0) is 27.7. The molecule has 1 unspecified atom stereocenters. The molecule has 0 spiro atoms. The van der Waals surface area contributed by atoms with E-state index in [1.165, 1.54) is 12.7 Å². The van der Waals surface area contributed by atoms with E-state index in [4.69, 9.17) is 9.84 Å². The lowest BCUT2D eigenvalue weighted by Crippen LogP contribution is -2.57. The van der Waals surface area contributed by atoms with Gasteiger partial charge >= 0.3 is 6.09 Å². The van der Waals surface area contributed by atoms with E-state index in [1.807, 2.05) is 39.9 Å². The van der Waals surface area contributed by atoms with E-state index in [9.17, 15) is 10.1 Å². The predicted octanol–water partition coefficient (Wildman–Crippen LogP) is 6.68. The molecule has 0 saturated carbocycles. The van der Waals surface area contributed by atoms with Crippen molar-refractivity contribution in [2.24, 2.45) is 0 Å². The first-order valence-electron chi connectivity index (χ1n) is 13.4. The van der Waals surface area contributed by atoms with Gasteiger partial charge in [0.15, 0.2) is 0 Å². The number of rotatable bonds is 4. The number of benzene rings is 2. The molecule has 5 rings (SSSR count). The number of nitrogens with zero attached hydrogens (tertiary/aromatic N) is 5. The van der Waals surface area contributed by atoms with E-state index < -0.39 is 0 Å². The molecule has 3 heterocycles. The van der Waals surface area contributed by atoms with Crippen LogP contribution in [0.4, 0.5) is 10.5 Å². The van der Waals surface area contributed by atoms with Crippen LogP contribution in [0, 0.1) is 18.3 Å². The highest BCUT2D eigenvalue weighted by Gasteiger charge is 2.37. The number of ether oxygens (including phenoxy) is 1. The van der Waals surface area contributed by atoms with Crippen LogP contribution in [0.5, 0.6) is 0 Å². The number of aryl methyl sites for hydroxylation is 1. The maximum Gasteiger partial charge on any atom is 0.410 e. The zero-order valence-electron chi connectivity index (χ0n) is 23.3. The summed E-state index contributed by atoms with van der Waals surface area (Å²) >= 11 is 0. The summed E-state index contributed by atoms with van der Waals surface area (Å²) in [6.07, 6.45) is 3.46. The zero-order valence-corrected chi connectivity index (χ0v) is 23.3. The van der Waals surface area contributed by atoms with E-state index in [-0.39, 0.29) is 17.7 Å². The van der Waals surface area contributed by atoms with E-state index in [1.54, 1.807) is 0 Å². The van der Waals surface area contributed by atoms with Crippen LogP contribution in [-0.4, -0.2) is 52.4 Å². The van der Waals surface area contributed by atoms with Gasteiger partial charge in [0, 0.05) is 36.0 Å². The number of hydrogen-bond donors (Lipinski definition) is 0. The minimum absolute atomic E-state index is 0.0314. The Balaban J connectivity index is 1.63. The summed E-state index contributed by atoms with van der Waals surface area (Å²) in [6.45, 7) is 9.85. The highest BCUT2D eigenvalue weighted by Crippen LogP contribution is 2.39. The van der Waals surface area contributed by atoms with Crippen LogP contribution in [-0.2, 0) is 4.74 Å². The molecule has 1 aliphatic rings. The third-order valence-electron chi connectivity index (χ3n) is 7.50. The van der Waals surface area contributed by atoms with Crippen LogP contribution in [0.3, 0.4) is 0 Å². The molecule has 1 fully saturated rings. The van der Waals surface area contributed by atoms with Crippen LogP contribution in [0.2, 0.25) is 0 Å². The average molecular weight is 522 g/mol. The van der Waals surface area contributed by atoms with Gasteiger partial charge in [-0.25, -0.2) is 9.31 Å². The summed E-state index contributed by atoms with van der Waals surface area (Å²) in [5, 5.41) is 14.1. The van der Waals surface area contributed by atoms with Crippen molar-refractivity contribution in [3.05, 3.63) is 78.0 Å². The van der Waals surface area contributed by atoms with E-state index in [0.29, 0.717) is 12.1 Å². The summed E-state index contributed by atoms with van der Waals surface area (Å²) in [5.41, 5.74) is 7.74. The van der Waals surface area contributed by atoms with Crippen LogP contribution in [0.1, 0.15) is 44.7 Å².